The number of carbonyl (C=O) groups is 2. The topological polar surface area (TPSA) is 87.7 Å². The van der Waals surface area contributed by atoms with E-state index >= 15 is 0 Å². The summed E-state index contributed by atoms with van der Waals surface area (Å²) >= 11 is 12.3. The molecule has 0 radical (unpaired) electrons. The lowest BCUT2D eigenvalue weighted by atomic mass is 9.84. The Hall–Kier alpha value is -2.46. The molecule has 2 fully saturated rings. The number of anilines is 1. The van der Waals surface area contributed by atoms with Crippen LogP contribution in [0.25, 0.3) is 0 Å². The van der Waals surface area contributed by atoms with Gasteiger partial charge < -0.3 is 20.5 Å². The first-order valence-corrected chi connectivity index (χ1v) is 11.5. The molecule has 1 aliphatic carbocycles. The van der Waals surface area contributed by atoms with Crippen LogP contribution < -0.4 is 15.4 Å². The lowest BCUT2D eigenvalue weighted by molar-refractivity contribution is -0.128. The van der Waals surface area contributed by atoms with Crippen LogP contribution in [0, 0.1) is 18.1 Å². The summed E-state index contributed by atoms with van der Waals surface area (Å²) in [6.45, 7) is 0. The molecule has 168 valence electrons. The van der Waals surface area contributed by atoms with Gasteiger partial charge in [0.2, 0.25) is 11.8 Å². The van der Waals surface area contributed by atoms with Crippen molar-refractivity contribution in [2.45, 2.75) is 56.8 Å². The van der Waals surface area contributed by atoms with E-state index in [0.717, 1.165) is 12.8 Å². The van der Waals surface area contributed by atoms with Crippen LogP contribution in [-0.2, 0) is 9.59 Å². The van der Waals surface area contributed by atoms with E-state index in [-0.39, 0.29) is 30.4 Å². The van der Waals surface area contributed by atoms with E-state index in [0.29, 0.717) is 46.3 Å². The average molecular weight is 475 g/mol. The number of rotatable bonds is 5. The lowest BCUT2D eigenvalue weighted by Gasteiger charge is -2.34. The highest BCUT2D eigenvalue weighted by molar-refractivity contribution is 6.31. The number of aliphatic hydroxyl groups is 1. The molecule has 3 N–H and O–H groups in total. The summed E-state index contributed by atoms with van der Waals surface area (Å²) < 4.78 is 6.26. The molecule has 2 amide bonds. The molecule has 2 atom stereocenters. The second-order valence-electron chi connectivity index (χ2n) is 8.27. The third-order valence-corrected chi connectivity index (χ3v) is 6.39. The predicted octanol–water partition coefficient (Wildman–Crippen LogP) is 4.48. The average Bonchev–Trinajstić information content (AvgIpc) is 2.76. The van der Waals surface area contributed by atoms with Gasteiger partial charge in [0.1, 0.15) is 5.75 Å². The van der Waals surface area contributed by atoms with Crippen molar-refractivity contribution in [3.05, 3.63) is 58.1 Å². The normalized spacial score (nSPS) is 25.4. The first-order chi connectivity index (χ1) is 15.4. The Kier molecular flexibility index (Phi) is 7.10. The fourth-order valence-corrected chi connectivity index (χ4v) is 4.62. The second-order valence-corrected chi connectivity index (χ2v) is 9.14. The molecule has 1 unspecified atom stereocenters. The van der Waals surface area contributed by atoms with Crippen LogP contribution in [-0.4, -0.2) is 29.1 Å². The van der Waals surface area contributed by atoms with Crippen molar-refractivity contribution in [1.82, 2.24) is 5.32 Å². The zero-order chi connectivity index (χ0) is 22.7. The van der Waals surface area contributed by atoms with Gasteiger partial charge in [0.05, 0.1) is 34.9 Å². The van der Waals surface area contributed by atoms with Gasteiger partial charge in [-0.1, -0.05) is 29.3 Å². The number of piperidine rings is 1. The van der Waals surface area contributed by atoms with Crippen molar-refractivity contribution in [3.8, 4) is 5.75 Å². The number of aliphatic hydroxyl groups excluding tert-OH is 1. The molecule has 2 aliphatic rings. The molecular formula is C24H24Cl2N2O4. The Labute approximate surface area is 197 Å². The van der Waals surface area contributed by atoms with Crippen molar-refractivity contribution in [2.75, 3.05) is 5.32 Å². The largest absolute Gasteiger partial charge is 0.490 e. The van der Waals surface area contributed by atoms with Gasteiger partial charge in [-0.2, -0.15) is 0 Å². The third-order valence-electron chi connectivity index (χ3n) is 5.94. The van der Waals surface area contributed by atoms with Crippen molar-refractivity contribution in [1.29, 1.82) is 0 Å². The van der Waals surface area contributed by atoms with Gasteiger partial charge in [-0.25, -0.2) is 0 Å². The van der Waals surface area contributed by atoms with Crippen LogP contribution in [0.5, 0.6) is 5.75 Å². The highest BCUT2D eigenvalue weighted by Crippen LogP contribution is 2.38. The Balaban J connectivity index is 1.59. The summed E-state index contributed by atoms with van der Waals surface area (Å²) in [7, 11) is 0. The Morgan fingerprint density at radius 1 is 1.12 bits per heavy atom. The van der Waals surface area contributed by atoms with Crippen molar-refractivity contribution in [2.24, 2.45) is 5.92 Å². The number of hydrogen-bond acceptors (Lipinski definition) is 4. The molecule has 2 aromatic rings. The third kappa shape index (κ3) is 5.47. The first-order valence-electron chi connectivity index (χ1n) is 10.7. The van der Waals surface area contributed by atoms with E-state index in [1.165, 1.54) is 0 Å². The van der Waals surface area contributed by atoms with Gasteiger partial charge in [-0.05, 0) is 62.4 Å². The van der Waals surface area contributed by atoms with E-state index in [1.54, 1.807) is 30.3 Å². The number of hydrogen-bond donors (Lipinski definition) is 3. The zero-order valence-electron chi connectivity index (χ0n) is 17.4. The van der Waals surface area contributed by atoms with Gasteiger partial charge in [-0.3, -0.25) is 9.59 Å². The SMILES string of the molecule is O=C1CCC(C(=O)Nc2c#ccc(Cl)c2)[C@@H](c2cc(Cl)ccc2OC2CCC(O)CC2)N1. The fourth-order valence-electron chi connectivity index (χ4n) is 4.28. The monoisotopic (exact) mass is 474 g/mol. The number of benzene rings is 1. The van der Waals surface area contributed by atoms with E-state index in [4.69, 9.17) is 27.9 Å². The smallest absolute Gasteiger partial charge is 0.230 e. The number of halogens is 2. The number of carbonyl (C=O) groups excluding carboxylic acids is 2. The molecule has 2 aromatic carbocycles. The van der Waals surface area contributed by atoms with Crippen molar-refractivity contribution in [3.63, 3.8) is 0 Å². The fraction of sp³-hybridized carbons (Fsp3) is 0.417. The second kappa shape index (κ2) is 9.99. The summed E-state index contributed by atoms with van der Waals surface area (Å²) in [6.07, 6.45) is 3.16. The van der Waals surface area contributed by atoms with Gasteiger partial charge in [-0.15, -0.1) is 0 Å². The van der Waals surface area contributed by atoms with E-state index in [9.17, 15) is 14.7 Å². The van der Waals surface area contributed by atoms with Gasteiger partial charge in [0.15, 0.2) is 0 Å². The van der Waals surface area contributed by atoms with Crippen LogP contribution in [0.2, 0.25) is 10.0 Å². The van der Waals surface area contributed by atoms with Crippen LogP contribution in [0.15, 0.2) is 30.3 Å². The summed E-state index contributed by atoms with van der Waals surface area (Å²) in [6, 6.07) is 13.4. The number of nitrogens with one attached hydrogen (secondary N) is 2. The van der Waals surface area contributed by atoms with Crippen LogP contribution in [0.3, 0.4) is 0 Å². The maximum absolute atomic E-state index is 13.2. The minimum Gasteiger partial charge on any atom is -0.490 e. The molecule has 6 nitrogen and oxygen atoms in total. The summed E-state index contributed by atoms with van der Waals surface area (Å²) in [5.74, 6) is -0.334. The summed E-state index contributed by atoms with van der Waals surface area (Å²) in [5, 5.41) is 16.5. The molecule has 0 aromatic heterocycles. The maximum Gasteiger partial charge on any atom is 0.230 e. The zero-order valence-corrected chi connectivity index (χ0v) is 18.9. The molecule has 1 saturated carbocycles. The summed E-state index contributed by atoms with van der Waals surface area (Å²) in [5.41, 5.74) is 1.08. The lowest BCUT2D eigenvalue weighted by Crippen LogP contribution is -2.43. The number of amides is 2. The van der Waals surface area contributed by atoms with Crippen LogP contribution >= 0.6 is 23.2 Å². The molecule has 4 rings (SSSR count). The van der Waals surface area contributed by atoms with E-state index in [2.05, 4.69) is 22.8 Å². The maximum atomic E-state index is 13.2. The van der Waals surface area contributed by atoms with Crippen molar-refractivity contribution >= 4 is 40.7 Å². The van der Waals surface area contributed by atoms with Gasteiger partial charge >= 0.3 is 0 Å². The minimum atomic E-state index is -0.595. The van der Waals surface area contributed by atoms with Gasteiger partial charge in [0, 0.05) is 23.1 Å². The summed E-state index contributed by atoms with van der Waals surface area (Å²) in [4.78, 5) is 25.4. The molecule has 1 heterocycles. The van der Waals surface area contributed by atoms with Crippen LogP contribution in [0.1, 0.15) is 50.1 Å². The molecule has 32 heavy (non-hydrogen) atoms. The minimum absolute atomic E-state index is 0.0403. The molecule has 8 heteroatoms. The molecule has 0 spiro atoms. The Bertz CT molecular complexity index is 992. The predicted molar refractivity (Wildman–Crippen MR) is 122 cm³/mol. The van der Waals surface area contributed by atoms with Gasteiger partial charge in [0.25, 0.3) is 0 Å². The molecule has 1 saturated heterocycles. The number of ether oxygens (including phenoxy) is 1. The quantitative estimate of drug-likeness (QED) is 0.595. The molecule has 0 bridgehead atoms. The van der Waals surface area contributed by atoms with Crippen LogP contribution in [0.4, 0.5) is 5.69 Å². The Morgan fingerprint density at radius 2 is 1.91 bits per heavy atom. The highest BCUT2D eigenvalue weighted by atomic mass is 35.5. The first kappa shape index (κ1) is 22.7. The standard InChI is InChI=1S/C24H24Cl2N2O4/c25-14-2-1-3-16(12-14)27-24(31)19-9-11-22(30)28-23(19)20-13-15(26)4-10-21(20)32-18-7-5-17(29)6-8-18/h2,4,10,12-13,17-19,23,29H,5-9,11H2,(H,27,31)(H,28,30)/t17?,18?,19?,23-/m0/s1. The Morgan fingerprint density at radius 3 is 2.66 bits per heavy atom. The highest BCUT2D eigenvalue weighted by Gasteiger charge is 2.37. The molecule has 1 aliphatic heterocycles. The van der Waals surface area contributed by atoms with E-state index < -0.39 is 12.0 Å². The van der Waals surface area contributed by atoms with E-state index in [1.807, 2.05) is 0 Å². The molecular weight excluding hydrogens is 451 g/mol. The van der Waals surface area contributed by atoms with Crippen molar-refractivity contribution < 1.29 is 19.4 Å².